The molecule has 0 radical (unpaired) electrons. The molecule has 80 valence electrons. The summed E-state index contributed by atoms with van der Waals surface area (Å²) in [6.45, 7) is 0. The molecule has 1 aliphatic carbocycles. The first-order valence-electron chi connectivity index (χ1n) is 3.77. The van der Waals surface area contributed by atoms with E-state index >= 15 is 0 Å². The SMILES string of the molecule is O=[N+]([O-])C1=CCC=C([N+](=O)[O-])C1[N+](=O)[O-]. The van der Waals surface area contributed by atoms with Crippen molar-refractivity contribution in [2.75, 3.05) is 0 Å². The monoisotopic (exact) mass is 215 g/mol. The van der Waals surface area contributed by atoms with Crippen molar-refractivity contribution < 1.29 is 14.8 Å². The zero-order valence-corrected chi connectivity index (χ0v) is 7.23. The molecule has 0 saturated heterocycles. The van der Waals surface area contributed by atoms with Crippen molar-refractivity contribution in [2.24, 2.45) is 0 Å². The number of allylic oxidation sites excluding steroid dienone is 2. The molecular weight excluding hydrogens is 210 g/mol. The van der Waals surface area contributed by atoms with Crippen molar-refractivity contribution in [1.29, 1.82) is 0 Å². The zero-order valence-electron chi connectivity index (χ0n) is 7.23. The summed E-state index contributed by atoms with van der Waals surface area (Å²) in [7, 11) is 0. The largest absolute Gasteiger partial charge is 0.387 e. The van der Waals surface area contributed by atoms with E-state index in [-0.39, 0.29) is 6.42 Å². The quantitative estimate of drug-likeness (QED) is 0.493. The summed E-state index contributed by atoms with van der Waals surface area (Å²) in [5.74, 6) is 0. The molecule has 0 spiro atoms. The first-order valence-corrected chi connectivity index (χ1v) is 3.77. The molecule has 0 aromatic carbocycles. The Morgan fingerprint density at radius 2 is 1.40 bits per heavy atom. The van der Waals surface area contributed by atoms with Crippen molar-refractivity contribution in [1.82, 2.24) is 0 Å². The van der Waals surface area contributed by atoms with Crippen LogP contribution in [0, 0.1) is 30.3 Å². The van der Waals surface area contributed by atoms with Gasteiger partial charge in [-0.15, -0.1) is 0 Å². The van der Waals surface area contributed by atoms with E-state index in [0.29, 0.717) is 0 Å². The summed E-state index contributed by atoms with van der Waals surface area (Å²) in [5.41, 5.74) is -1.51. The number of hydrogen-bond acceptors (Lipinski definition) is 6. The second kappa shape index (κ2) is 3.82. The molecular formula is C6H5N3O6. The van der Waals surface area contributed by atoms with Crippen molar-refractivity contribution in [3.63, 3.8) is 0 Å². The molecule has 0 unspecified atom stereocenters. The molecule has 15 heavy (non-hydrogen) atoms. The maximum absolute atomic E-state index is 10.5. The van der Waals surface area contributed by atoms with Gasteiger partial charge in [0.2, 0.25) is 0 Å². The third-order valence-corrected chi connectivity index (χ3v) is 1.85. The summed E-state index contributed by atoms with van der Waals surface area (Å²) in [6, 6.07) is -1.98. The van der Waals surface area contributed by atoms with Crippen LogP contribution in [-0.2, 0) is 0 Å². The van der Waals surface area contributed by atoms with Crippen molar-refractivity contribution in [2.45, 2.75) is 12.5 Å². The van der Waals surface area contributed by atoms with Crippen LogP contribution < -0.4 is 0 Å². The third kappa shape index (κ3) is 1.95. The second-order valence-corrected chi connectivity index (χ2v) is 2.70. The molecule has 0 atom stereocenters. The predicted octanol–water partition coefficient (Wildman–Crippen LogP) is 0.357. The Kier molecular flexibility index (Phi) is 2.74. The molecule has 0 amide bonds. The molecule has 0 aromatic rings. The molecule has 0 bridgehead atoms. The molecule has 9 heteroatoms. The fraction of sp³-hybridized carbons (Fsp3) is 0.333. The van der Waals surface area contributed by atoms with Crippen LogP contribution in [0.15, 0.2) is 23.5 Å². The molecule has 0 fully saturated rings. The Hall–Kier alpha value is -2.32. The lowest BCUT2D eigenvalue weighted by Gasteiger charge is -2.07. The molecule has 9 nitrogen and oxygen atoms in total. The van der Waals surface area contributed by atoms with Crippen molar-refractivity contribution in [3.8, 4) is 0 Å². The summed E-state index contributed by atoms with van der Waals surface area (Å²) in [6.07, 6.45) is 1.96. The Labute approximate surface area is 82.1 Å². The minimum atomic E-state index is -1.98. The highest BCUT2D eigenvalue weighted by molar-refractivity contribution is 5.20. The minimum absolute atomic E-state index is 0.0447. The molecule has 0 aromatic heterocycles. The van der Waals surface area contributed by atoms with E-state index in [1.807, 2.05) is 0 Å². The summed E-state index contributed by atoms with van der Waals surface area (Å²) in [5, 5.41) is 31.3. The van der Waals surface area contributed by atoms with Gasteiger partial charge in [-0.2, -0.15) is 0 Å². The van der Waals surface area contributed by atoms with Gasteiger partial charge >= 0.3 is 17.4 Å². The lowest BCUT2D eigenvalue weighted by molar-refractivity contribution is -0.578. The number of rotatable bonds is 3. The molecule has 0 saturated carbocycles. The fourth-order valence-electron chi connectivity index (χ4n) is 1.24. The van der Waals surface area contributed by atoms with Crippen LogP contribution in [-0.4, -0.2) is 20.8 Å². The first kappa shape index (κ1) is 10.8. The maximum atomic E-state index is 10.5. The van der Waals surface area contributed by atoms with Gasteiger partial charge < -0.3 is 0 Å². The van der Waals surface area contributed by atoms with Crippen molar-refractivity contribution >= 4 is 0 Å². The summed E-state index contributed by atoms with van der Waals surface area (Å²) >= 11 is 0. The second-order valence-electron chi connectivity index (χ2n) is 2.70. The van der Waals surface area contributed by atoms with Crippen LogP contribution in [0.3, 0.4) is 0 Å². The van der Waals surface area contributed by atoms with E-state index in [4.69, 9.17) is 0 Å². The van der Waals surface area contributed by atoms with E-state index in [1.165, 1.54) is 0 Å². The van der Waals surface area contributed by atoms with Gasteiger partial charge in [0.25, 0.3) is 0 Å². The van der Waals surface area contributed by atoms with Gasteiger partial charge in [0.05, 0.1) is 9.85 Å². The average molecular weight is 215 g/mol. The highest BCUT2D eigenvalue weighted by Crippen LogP contribution is 2.22. The average Bonchev–Trinajstić information content (AvgIpc) is 2.16. The summed E-state index contributed by atoms with van der Waals surface area (Å²) < 4.78 is 0. The van der Waals surface area contributed by atoms with Gasteiger partial charge in [0.15, 0.2) is 0 Å². The molecule has 0 heterocycles. The Balaban J connectivity index is 3.15. The Bertz CT molecular complexity index is 368. The lowest BCUT2D eigenvalue weighted by Crippen LogP contribution is -2.33. The van der Waals surface area contributed by atoms with Crippen LogP contribution in [0.1, 0.15) is 6.42 Å². The smallest absolute Gasteiger partial charge is 0.263 e. The van der Waals surface area contributed by atoms with Gasteiger partial charge in [-0.25, -0.2) is 0 Å². The number of nitrogens with zero attached hydrogens (tertiary/aromatic N) is 3. The normalized spacial score (nSPS) is 16.5. The van der Waals surface area contributed by atoms with Gasteiger partial charge in [0, 0.05) is 17.1 Å². The fourth-order valence-corrected chi connectivity index (χ4v) is 1.24. The van der Waals surface area contributed by atoms with Crippen LogP contribution in [0.4, 0.5) is 0 Å². The minimum Gasteiger partial charge on any atom is -0.263 e. The maximum Gasteiger partial charge on any atom is 0.387 e. The molecule has 1 aliphatic rings. The predicted molar refractivity (Wildman–Crippen MR) is 45.6 cm³/mol. The number of hydrogen-bond donors (Lipinski definition) is 0. The third-order valence-electron chi connectivity index (χ3n) is 1.85. The standard InChI is InChI=1S/C6H5N3O6/c10-7(11)4-2-1-3-5(8(12)13)6(4)9(14)15/h2-3,6H,1H2. The van der Waals surface area contributed by atoms with Crippen molar-refractivity contribution in [3.05, 3.63) is 53.9 Å². The van der Waals surface area contributed by atoms with Gasteiger partial charge in [-0.05, 0) is 6.42 Å². The highest BCUT2D eigenvalue weighted by atomic mass is 16.7. The molecule has 0 aliphatic heterocycles. The van der Waals surface area contributed by atoms with E-state index in [2.05, 4.69) is 0 Å². The zero-order chi connectivity index (χ0) is 11.6. The van der Waals surface area contributed by atoms with Crippen LogP contribution in [0.25, 0.3) is 0 Å². The Morgan fingerprint density at radius 3 is 1.67 bits per heavy atom. The summed E-state index contributed by atoms with van der Waals surface area (Å²) in [4.78, 5) is 28.4. The van der Waals surface area contributed by atoms with E-state index in [1.54, 1.807) is 0 Å². The Morgan fingerprint density at radius 1 is 1.00 bits per heavy atom. The highest BCUT2D eigenvalue weighted by Gasteiger charge is 2.47. The number of nitro groups is 3. The van der Waals surface area contributed by atoms with Crippen LogP contribution >= 0.6 is 0 Å². The van der Waals surface area contributed by atoms with Gasteiger partial charge in [-0.3, -0.25) is 30.3 Å². The van der Waals surface area contributed by atoms with Crippen LogP contribution in [0.2, 0.25) is 0 Å². The van der Waals surface area contributed by atoms with Crippen LogP contribution in [0.5, 0.6) is 0 Å². The van der Waals surface area contributed by atoms with Gasteiger partial charge in [-0.1, -0.05) is 0 Å². The molecule has 0 N–H and O–H groups in total. The first-order chi connectivity index (χ1) is 6.95. The topological polar surface area (TPSA) is 129 Å². The molecule has 1 rings (SSSR count). The van der Waals surface area contributed by atoms with Gasteiger partial charge in [0.1, 0.15) is 0 Å². The van der Waals surface area contributed by atoms with E-state index in [9.17, 15) is 30.3 Å². The van der Waals surface area contributed by atoms with E-state index < -0.39 is 32.2 Å². The van der Waals surface area contributed by atoms with E-state index in [0.717, 1.165) is 12.2 Å². The lowest BCUT2D eigenvalue weighted by atomic mass is 10.0.